The Morgan fingerprint density at radius 2 is 1.71 bits per heavy atom. The van der Waals surface area contributed by atoms with E-state index in [9.17, 15) is 0 Å². The zero-order valence-electron chi connectivity index (χ0n) is 8.35. The number of halogens is 1. The minimum atomic E-state index is -2.62. The number of rotatable bonds is 0. The summed E-state index contributed by atoms with van der Waals surface area (Å²) in [6.07, 6.45) is 4.08. The molecule has 0 saturated heterocycles. The van der Waals surface area contributed by atoms with Crippen molar-refractivity contribution in [3.8, 4) is 0 Å². The van der Waals surface area contributed by atoms with Gasteiger partial charge in [0.1, 0.15) is 0 Å². The van der Waals surface area contributed by atoms with Crippen molar-refractivity contribution >= 4 is 24.7 Å². The molecule has 0 aliphatic rings. The highest BCUT2D eigenvalue weighted by molar-refractivity contribution is 9.08. The summed E-state index contributed by atoms with van der Waals surface area (Å²) in [5.41, 5.74) is 1.61. The molecule has 0 saturated carbocycles. The van der Waals surface area contributed by atoms with Crippen molar-refractivity contribution in [2.24, 2.45) is 0 Å². The third-order valence-corrected chi connectivity index (χ3v) is 1.97. The van der Waals surface area contributed by atoms with E-state index in [-0.39, 0.29) is 5.41 Å². The van der Waals surface area contributed by atoms with Crippen LogP contribution in [0, 0.1) is 0 Å². The van der Waals surface area contributed by atoms with E-state index < -0.39 is 8.60 Å². The van der Waals surface area contributed by atoms with E-state index in [4.69, 9.17) is 14.7 Å². The van der Waals surface area contributed by atoms with Gasteiger partial charge in [0, 0.05) is 12.4 Å². The third kappa shape index (κ3) is 6.51. The molecule has 0 aliphatic carbocycles. The molecule has 4 nitrogen and oxygen atoms in total. The molecule has 0 radical (unpaired) electrons. The van der Waals surface area contributed by atoms with Crippen LogP contribution in [-0.4, -0.2) is 18.3 Å². The van der Waals surface area contributed by atoms with Gasteiger partial charge in [0.05, 0.1) is 16.1 Å². The first-order valence-corrected chi connectivity index (χ1v) is 5.86. The van der Waals surface area contributed by atoms with Gasteiger partial charge < -0.3 is 14.7 Å². The van der Waals surface area contributed by atoms with Crippen LogP contribution < -0.4 is 0 Å². The van der Waals surface area contributed by atoms with Crippen molar-refractivity contribution in [3.05, 3.63) is 24.0 Å². The maximum absolute atomic E-state index is 7.23. The topological polar surface area (TPSA) is 65.6 Å². The van der Waals surface area contributed by atoms with Gasteiger partial charge in [-0.3, -0.25) is 3.59 Å². The maximum Gasteiger partial charge on any atom is 0.324 e. The molecular weight excluding hydrogens is 269 g/mol. The van der Waals surface area contributed by atoms with E-state index in [1.54, 1.807) is 0 Å². The molecule has 1 heterocycles. The van der Waals surface area contributed by atoms with Gasteiger partial charge in [-0.1, -0.05) is 20.8 Å². The fraction of sp³-hybridized carbons (Fsp3) is 0.500. The quantitative estimate of drug-likeness (QED) is 0.639. The van der Waals surface area contributed by atoms with Crippen LogP contribution in [0.5, 0.6) is 0 Å². The summed E-state index contributed by atoms with van der Waals surface area (Å²) in [6, 6.07) is 2.12. The Balaban J connectivity index is 0.000000364. The molecule has 6 heteroatoms. The standard InChI is InChI=1S/C8H12BrN.H3O3P/c1-8(2,3)7-4-5-10(9)6-7;1-4(2)3/h4-6H,1-3H3;1-3H. The van der Waals surface area contributed by atoms with E-state index in [0.29, 0.717) is 0 Å². The van der Waals surface area contributed by atoms with E-state index in [1.807, 2.05) is 9.79 Å². The molecule has 1 aromatic rings. The monoisotopic (exact) mass is 283 g/mol. The molecule has 0 bridgehead atoms. The second-order valence-electron chi connectivity index (χ2n) is 3.76. The lowest BCUT2D eigenvalue weighted by Crippen LogP contribution is -2.09. The molecule has 0 spiro atoms. The van der Waals surface area contributed by atoms with Crippen molar-refractivity contribution in [1.29, 1.82) is 0 Å². The molecule has 3 N–H and O–H groups in total. The Morgan fingerprint density at radius 3 is 1.86 bits per heavy atom. The molecule has 14 heavy (non-hydrogen) atoms. The molecule has 0 fully saturated rings. The third-order valence-electron chi connectivity index (χ3n) is 1.52. The SMILES string of the molecule is CC(C)(C)c1ccn(Br)c1.OP(O)O. The summed E-state index contributed by atoms with van der Waals surface area (Å²) in [4.78, 5) is 21.7. The van der Waals surface area contributed by atoms with Crippen LogP contribution in [0.15, 0.2) is 18.5 Å². The normalized spacial score (nSPS) is 11.1. The zero-order chi connectivity index (χ0) is 11.4. The first-order chi connectivity index (χ1) is 6.23. The van der Waals surface area contributed by atoms with Crippen molar-refractivity contribution in [3.63, 3.8) is 0 Å². The van der Waals surface area contributed by atoms with Gasteiger partial charge in [0.25, 0.3) is 0 Å². The molecule has 0 atom stereocenters. The Bertz CT molecular complexity index is 267. The van der Waals surface area contributed by atoms with Crippen LogP contribution in [0.25, 0.3) is 0 Å². The average molecular weight is 284 g/mol. The van der Waals surface area contributed by atoms with Crippen molar-refractivity contribution in [2.45, 2.75) is 26.2 Å². The van der Waals surface area contributed by atoms with Crippen LogP contribution in [0.3, 0.4) is 0 Å². The summed E-state index contributed by atoms with van der Waals surface area (Å²) in [6.45, 7) is 6.61. The molecule has 1 rings (SSSR count). The molecule has 0 aliphatic heterocycles. The first-order valence-electron chi connectivity index (χ1n) is 3.95. The Hall–Kier alpha value is 0.0700. The number of nitrogens with zero attached hydrogens (tertiary/aromatic N) is 1. The van der Waals surface area contributed by atoms with Gasteiger partial charge in [-0.2, -0.15) is 0 Å². The van der Waals surface area contributed by atoms with E-state index in [1.165, 1.54) is 5.56 Å². The smallest absolute Gasteiger partial charge is 0.324 e. The van der Waals surface area contributed by atoms with Crippen LogP contribution in [0.1, 0.15) is 26.3 Å². The molecular formula is C8H15BrNO3P. The van der Waals surface area contributed by atoms with Gasteiger partial charge >= 0.3 is 8.60 Å². The average Bonchev–Trinajstić information content (AvgIpc) is 2.32. The molecule has 0 amide bonds. The van der Waals surface area contributed by atoms with Crippen molar-refractivity contribution in [2.75, 3.05) is 0 Å². The molecule has 0 unspecified atom stereocenters. The van der Waals surface area contributed by atoms with E-state index in [0.717, 1.165) is 0 Å². The summed E-state index contributed by atoms with van der Waals surface area (Å²) >= 11 is 3.34. The zero-order valence-corrected chi connectivity index (χ0v) is 10.8. The minimum Gasteiger partial charge on any atom is -0.328 e. The van der Waals surface area contributed by atoms with Crippen molar-refractivity contribution in [1.82, 2.24) is 3.59 Å². The van der Waals surface area contributed by atoms with Crippen LogP contribution >= 0.6 is 24.7 Å². The summed E-state index contributed by atoms with van der Waals surface area (Å²) in [7, 11) is -2.62. The van der Waals surface area contributed by atoms with E-state index >= 15 is 0 Å². The van der Waals surface area contributed by atoms with Gasteiger partial charge in [0.2, 0.25) is 0 Å². The number of hydrogen-bond acceptors (Lipinski definition) is 3. The first kappa shape index (κ1) is 14.1. The second-order valence-corrected chi connectivity index (χ2v) is 5.12. The minimum absolute atomic E-state index is 0.263. The fourth-order valence-electron chi connectivity index (χ4n) is 0.814. The predicted molar refractivity (Wildman–Crippen MR) is 61.0 cm³/mol. The van der Waals surface area contributed by atoms with Crippen LogP contribution in [-0.2, 0) is 5.41 Å². The Kier molecular flexibility index (Phi) is 5.86. The fourth-order valence-corrected chi connectivity index (χ4v) is 1.15. The highest BCUT2D eigenvalue weighted by atomic mass is 79.9. The lowest BCUT2D eigenvalue weighted by atomic mass is 9.89. The van der Waals surface area contributed by atoms with Gasteiger partial charge in [-0.25, -0.2) is 0 Å². The lowest BCUT2D eigenvalue weighted by Gasteiger charge is -2.15. The van der Waals surface area contributed by atoms with Crippen LogP contribution in [0.4, 0.5) is 0 Å². The van der Waals surface area contributed by atoms with Gasteiger partial charge in [0.15, 0.2) is 0 Å². The Labute approximate surface area is 93.5 Å². The molecule has 0 aromatic carbocycles. The summed E-state index contributed by atoms with van der Waals surface area (Å²) in [5.74, 6) is 0. The second kappa shape index (κ2) is 5.83. The van der Waals surface area contributed by atoms with Gasteiger partial charge in [-0.05, 0) is 17.0 Å². The van der Waals surface area contributed by atoms with Crippen LogP contribution in [0.2, 0.25) is 0 Å². The summed E-state index contributed by atoms with van der Waals surface area (Å²) in [5, 5.41) is 0. The van der Waals surface area contributed by atoms with Crippen molar-refractivity contribution < 1.29 is 14.7 Å². The molecule has 1 aromatic heterocycles. The Morgan fingerprint density at radius 1 is 1.29 bits per heavy atom. The predicted octanol–water partition coefficient (Wildman–Crippen LogP) is 2.13. The van der Waals surface area contributed by atoms with Gasteiger partial charge in [-0.15, -0.1) is 0 Å². The maximum atomic E-state index is 7.23. The molecule has 82 valence electrons. The number of hydrogen-bond donors (Lipinski definition) is 3. The lowest BCUT2D eigenvalue weighted by molar-refractivity contribution is 0.368. The summed E-state index contributed by atoms with van der Waals surface area (Å²) < 4.78 is 1.90. The largest absolute Gasteiger partial charge is 0.328 e. The van der Waals surface area contributed by atoms with E-state index in [2.05, 4.69) is 49.2 Å². The highest BCUT2D eigenvalue weighted by Crippen LogP contribution is 2.22. The highest BCUT2D eigenvalue weighted by Gasteiger charge is 2.13. The number of aromatic nitrogens is 1.